The van der Waals surface area contributed by atoms with Crippen LogP contribution in [0.4, 0.5) is 5.95 Å². The summed E-state index contributed by atoms with van der Waals surface area (Å²) in [4.78, 5) is 11.5. The van der Waals surface area contributed by atoms with Gasteiger partial charge in [0.15, 0.2) is 0 Å². The third-order valence-electron chi connectivity index (χ3n) is 2.69. The number of nitrogens with zero attached hydrogens (tertiary/aromatic N) is 3. The topological polar surface area (TPSA) is 73.9 Å². The maximum absolute atomic E-state index is 5.72. The number of hydrogen-bond acceptors (Lipinski definition) is 5. The highest BCUT2D eigenvalue weighted by Gasteiger charge is 2.09. The van der Waals surface area contributed by atoms with Crippen LogP contribution in [-0.2, 0) is 0 Å². The molecule has 6 heteroatoms. The van der Waals surface area contributed by atoms with Crippen molar-refractivity contribution in [3.05, 3.63) is 34.6 Å². The second kappa shape index (κ2) is 5.40. The Morgan fingerprint density at radius 2 is 1.95 bits per heavy atom. The fourth-order valence-corrected chi connectivity index (χ4v) is 1.74. The van der Waals surface area contributed by atoms with Gasteiger partial charge in [-0.2, -0.15) is 15.0 Å². The molecule has 0 amide bonds. The maximum Gasteiger partial charge on any atom is 0.328 e. The van der Waals surface area contributed by atoms with Crippen molar-refractivity contribution in [3.8, 4) is 11.8 Å². The lowest BCUT2D eigenvalue weighted by atomic mass is 10.0. The number of hydrogen-bond donors (Lipinski definition) is 1. The van der Waals surface area contributed by atoms with Gasteiger partial charge in [-0.3, -0.25) is 0 Å². The minimum absolute atomic E-state index is 0.0140. The Labute approximate surface area is 116 Å². The van der Waals surface area contributed by atoms with Gasteiger partial charge in [0, 0.05) is 0 Å². The molecule has 0 bridgehead atoms. The molecule has 2 aromatic rings. The summed E-state index contributed by atoms with van der Waals surface area (Å²) in [6.07, 6.45) is 0. The first-order chi connectivity index (χ1) is 8.95. The maximum atomic E-state index is 5.72. The van der Waals surface area contributed by atoms with E-state index in [1.807, 2.05) is 19.1 Å². The number of halogens is 1. The minimum Gasteiger partial charge on any atom is -0.424 e. The number of benzene rings is 1. The summed E-state index contributed by atoms with van der Waals surface area (Å²) >= 11 is 5.72. The van der Waals surface area contributed by atoms with Crippen molar-refractivity contribution in [2.24, 2.45) is 0 Å². The first kappa shape index (κ1) is 13.5. The quantitative estimate of drug-likeness (QED) is 0.932. The number of nitrogen functional groups attached to an aromatic ring is 1. The second-order valence-corrected chi connectivity index (χ2v) is 4.86. The molecule has 5 nitrogen and oxygen atoms in total. The van der Waals surface area contributed by atoms with Crippen molar-refractivity contribution in [2.45, 2.75) is 26.7 Å². The molecule has 1 aromatic heterocycles. The Bertz CT molecular complexity index is 581. The van der Waals surface area contributed by atoms with Crippen LogP contribution < -0.4 is 10.5 Å². The predicted molar refractivity (Wildman–Crippen MR) is 74.6 cm³/mol. The van der Waals surface area contributed by atoms with E-state index in [0.29, 0.717) is 11.7 Å². The Hall–Kier alpha value is -1.88. The van der Waals surface area contributed by atoms with Crippen LogP contribution >= 0.6 is 11.6 Å². The Kier molecular flexibility index (Phi) is 3.85. The van der Waals surface area contributed by atoms with E-state index < -0.39 is 0 Å². The van der Waals surface area contributed by atoms with Crippen molar-refractivity contribution in [1.82, 2.24) is 15.0 Å². The molecule has 0 aliphatic carbocycles. The molecule has 0 atom stereocenters. The fraction of sp³-hybridized carbons (Fsp3) is 0.308. The van der Waals surface area contributed by atoms with Crippen molar-refractivity contribution in [3.63, 3.8) is 0 Å². The van der Waals surface area contributed by atoms with Gasteiger partial charge in [0.25, 0.3) is 0 Å². The molecule has 0 saturated heterocycles. The van der Waals surface area contributed by atoms with E-state index in [1.165, 1.54) is 5.56 Å². The van der Waals surface area contributed by atoms with E-state index in [1.54, 1.807) is 0 Å². The molecule has 0 aliphatic rings. The monoisotopic (exact) mass is 278 g/mol. The third kappa shape index (κ3) is 3.32. The van der Waals surface area contributed by atoms with Crippen molar-refractivity contribution in [2.75, 3.05) is 5.73 Å². The van der Waals surface area contributed by atoms with Gasteiger partial charge < -0.3 is 10.5 Å². The molecule has 0 spiro atoms. The number of nitrogens with two attached hydrogens (primary N) is 1. The zero-order chi connectivity index (χ0) is 14.0. The molecular weight excluding hydrogens is 264 g/mol. The summed E-state index contributed by atoms with van der Waals surface area (Å²) in [5.74, 6) is 1.13. The molecule has 100 valence electrons. The average molecular weight is 279 g/mol. The molecule has 2 N–H and O–H groups in total. The van der Waals surface area contributed by atoms with Gasteiger partial charge in [-0.05, 0) is 41.6 Å². The highest BCUT2D eigenvalue weighted by molar-refractivity contribution is 6.28. The highest BCUT2D eigenvalue weighted by Crippen LogP contribution is 2.27. The van der Waals surface area contributed by atoms with E-state index in [2.05, 4.69) is 34.9 Å². The van der Waals surface area contributed by atoms with Crippen LogP contribution in [0.5, 0.6) is 11.8 Å². The van der Waals surface area contributed by atoms with Gasteiger partial charge >= 0.3 is 6.01 Å². The van der Waals surface area contributed by atoms with Crippen LogP contribution in [0.1, 0.15) is 30.9 Å². The molecule has 0 fully saturated rings. The number of rotatable bonds is 3. The smallest absolute Gasteiger partial charge is 0.328 e. The minimum atomic E-state index is 0.0140. The van der Waals surface area contributed by atoms with Crippen LogP contribution in [0.3, 0.4) is 0 Å². The standard InChI is InChI=1S/C13H15ClN4O/c1-7(2)9-5-4-8(3)10(6-9)19-13-17-11(14)16-12(15)18-13/h4-7H,1-3H3,(H2,15,16,17,18). The van der Waals surface area contributed by atoms with Crippen molar-refractivity contribution >= 4 is 17.5 Å². The van der Waals surface area contributed by atoms with Gasteiger partial charge in [-0.1, -0.05) is 26.0 Å². The van der Waals surface area contributed by atoms with Gasteiger partial charge in [-0.25, -0.2) is 0 Å². The second-order valence-electron chi connectivity index (χ2n) is 4.53. The first-order valence-electron chi connectivity index (χ1n) is 5.91. The Balaban J connectivity index is 2.34. The molecule has 0 aliphatic heterocycles. The van der Waals surface area contributed by atoms with E-state index in [9.17, 15) is 0 Å². The van der Waals surface area contributed by atoms with Crippen molar-refractivity contribution < 1.29 is 4.74 Å². The molecule has 2 rings (SSSR count). The number of ether oxygens (including phenoxy) is 1. The van der Waals surface area contributed by atoms with Gasteiger partial charge in [-0.15, -0.1) is 0 Å². The fourth-order valence-electron chi connectivity index (χ4n) is 1.58. The van der Waals surface area contributed by atoms with Crippen LogP contribution in [0.2, 0.25) is 5.28 Å². The molecule has 1 heterocycles. The molecule has 19 heavy (non-hydrogen) atoms. The van der Waals surface area contributed by atoms with Crippen LogP contribution in [0, 0.1) is 6.92 Å². The lowest BCUT2D eigenvalue weighted by Gasteiger charge is -2.11. The van der Waals surface area contributed by atoms with E-state index in [0.717, 1.165) is 5.56 Å². The highest BCUT2D eigenvalue weighted by atomic mass is 35.5. The molecule has 0 unspecified atom stereocenters. The van der Waals surface area contributed by atoms with Gasteiger partial charge in [0.05, 0.1) is 0 Å². The SMILES string of the molecule is Cc1ccc(C(C)C)cc1Oc1nc(N)nc(Cl)n1. The largest absolute Gasteiger partial charge is 0.424 e. The lowest BCUT2D eigenvalue weighted by molar-refractivity contribution is 0.436. The Morgan fingerprint density at radius 1 is 1.21 bits per heavy atom. The van der Waals surface area contributed by atoms with Crippen LogP contribution in [-0.4, -0.2) is 15.0 Å². The normalized spacial score (nSPS) is 10.8. The molecule has 0 saturated carbocycles. The van der Waals surface area contributed by atoms with Crippen LogP contribution in [0.15, 0.2) is 18.2 Å². The lowest BCUT2D eigenvalue weighted by Crippen LogP contribution is -2.01. The Morgan fingerprint density at radius 3 is 2.58 bits per heavy atom. The molecular formula is C13H15ClN4O. The summed E-state index contributed by atoms with van der Waals surface area (Å²) in [5, 5.41) is 0.0140. The number of aryl methyl sites for hydroxylation is 1. The summed E-state index contributed by atoms with van der Waals surface area (Å²) in [6, 6.07) is 6.13. The molecule has 0 radical (unpaired) electrons. The van der Waals surface area contributed by atoms with E-state index in [4.69, 9.17) is 22.1 Å². The molecule has 1 aromatic carbocycles. The summed E-state index contributed by atoms with van der Waals surface area (Å²) in [7, 11) is 0. The van der Waals surface area contributed by atoms with E-state index >= 15 is 0 Å². The first-order valence-corrected chi connectivity index (χ1v) is 6.29. The number of aromatic nitrogens is 3. The van der Waals surface area contributed by atoms with Crippen LogP contribution in [0.25, 0.3) is 0 Å². The number of anilines is 1. The van der Waals surface area contributed by atoms with Crippen molar-refractivity contribution in [1.29, 1.82) is 0 Å². The third-order valence-corrected chi connectivity index (χ3v) is 2.85. The zero-order valence-corrected chi connectivity index (χ0v) is 11.8. The average Bonchev–Trinajstić information content (AvgIpc) is 2.30. The van der Waals surface area contributed by atoms with Gasteiger partial charge in [0.2, 0.25) is 11.2 Å². The summed E-state index contributed by atoms with van der Waals surface area (Å²) in [5.41, 5.74) is 7.66. The zero-order valence-electron chi connectivity index (χ0n) is 11.0. The van der Waals surface area contributed by atoms with E-state index in [-0.39, 0.29) is 17.2 Å². The summed E-state index contributed by atoms with van der Waals surface area (Å²) in [6.45, 7) is 6.18. The summed E-state index contributed by atoms with van der Waals surface area (Å²) < 4.78 is 5.63. The van der Waals surface area contributed by atoms with Gasteiger partial charge in [0.1, 0.15) is 5.75 Å². The predicted octanol–water partition coefficient (Wildman–Crippen LogP) is 3.33.